The molecule has 134 valence electrons. The van der Waals surface area contributed by atoms with Crippen molar-refractivity contribution >= 4 is 35.4 Å². The second-order valence-corrected chi connectivity index (χ2v) is 5.41. The van der Waals surface area contributed by atoms with E-state index in [2.05, 4.69) is 30.9 Å². The van der Waals surface area contributed by atoms with Crippen LogP contribution >= 0.6 is 11.8 Å². The van der Waals surface area contributed by atoms with E-state index >= 15 is 0 Å². The van der Waals surface area contributed by atoms with E-state index in [0.29, 0.717) is 36.0 Å². The first-order valence-corrected chi connectivity index (χ1v) is 8.69. The highest BCUT2D eigenvalue weighted by Gasteiger charge is 2.06. The Morgan fingerprint density at radius 3 is 2.52 bits per heavy atom. The standard InChI is InChI=1S/C15H20N6O3S/c1-23-10-17-13-19-12(20-14(21-13)25-2)16-8-9-24-15(22)18-11-6-4-3-5-7-11/h3-7H,8-10H2,1-2H3,(H,18,22)(H2,16,17,19,20,21). The number of nitrogens with zero attached hydrogens (tertiary/aromatic N) is 3. The summed E-state index contributed by atoms with van der Waals surface area (Å²) in [4.78, 5) is 24.3. The molecule has 2 aromatic rings. The van der Waals surface area contributed by atoms with Gasteiger partial charge in [-0.3, -0.25) is 5.32 Å². The molecule has 2 rings (SSSR count). The molecule has 1 amide bonds. The summed E-state index contributed by atoms with van der Waals surface area (Å²) in [6.07, 6.45) is 1.35. The Bertz CT molecular complexity index is 674. The Morgan fingerprint density at radius 1 is 1.12 bits per heavy atom. The molecule has 0 bridgehead atoms. The number of benzene rings is 1. The van der Waals surface area contributed by atoms with Gasteiger partial charge in [0.15, 0.2) is 5.16 Å². The van der Waals surface area contributed by atoms with Crippen LogP contribution in [-0.2, 0) is 9.47 Å². The van der Waals surface area contributed by atoms with E-state index in [0.717, 1.165) is 0 Å². The smallest absolute Gasteiger partial charge is 0.411 e. The van der Waals surface area contributed by atoms with Crippen molar-refractivity contribution in [1.29, 1.82) is 0 Å². The molecule has 1 aromatic carbocycles. The molecule has 0 spiro atoms. The van der Waals surface area contributed by atoms with E-state index in [1.807, 2.05) is 24.5 Å². The van der Waals surface area contributed by atoms with Gasteiger partial charge in [-0.05, 0) is 18.4 Å². The number of hydrogen-bond donors (Lipinski definition) is 3. The van der Waals surface area contributed by atoms with Crippen LogP contribution in [0.1, 0.15) is 0 Å². The number of methoxy groups -OCH3 is 1. The zero-order valence-electron chi connectivity index (χ0n) is 14.0. The van der Waals surface area contributed by atoms with E-state index in [1.54, 1.807) is 19.2 Å². The summed E-state index contributed by atoms with van der Waals surface area (Å²) in [5.74, 6) is 0.802. The summed E-state index contributed by atoms with van der Waals surface area (Å²) in [5, 5.41) is 9.11. The fourth-order valence-corrected chi connectivity index (χ4v) is 2.08. The summed E-state index contributed by atoms with van der Waals surface area (Å²) in [5.41, 5.74) is 0.677. The quantitative estimate of drug-likeness (QED) is 0.350. The number of amides is 1. The average Bonchev–Trinajstić information content (AvgIpc) is 2.64. The molecule has 0 saturated heterocycles. The van der Waals surface area contributed by atoms with E-state index in [9.17, 15) is 4.79 Å². The molecule has 1 heterocycles. The van der Waals surface area contributed by atoms with Gasteiger partial charge in [0.05, 0.1) is 6.54 Å². The molecule has 9 nitrogen and oxygen atoms in total. The third-order valence-corrected chi connectivity index (χ3v) is 3.36. The first-order chi connectivity index (χ1) is 12.2. The maximum absolute atomic E-state index is 11.7. The van der Waals surface area contributed by atoms with Crippen LogP contribution in [0.5, 0.6) is 0 Å². The number of rotatable bonds is 9. The van der Waals surface area contributed by atoms with Gasteiger partial charge in [-0.1, -0.05) is 30.0 Å². The summed E-state index contributed by atoms with van der Waals surface area (Å²) in [6.45, 7) is 0.823. The Balaban J connectivity index is 1.77. The van der Waals surface area contributed by atoms with Gasteiger partial charge in [0.25, 0.3) is 0 Å². The van der Waals surface area contributed by atoms with Crippen LogP contribution in [0.4, 0.5) is 22.4 Å². The lowest BCUT2D eigenvalue weighted by molar-refractivity contribution is 0.166. The van der Waals surface area contributed by atoms with Crippen molar-refractivity contribution in [2.24, 2.45) is 0 Å². The van der Waals surface area contributed by atoms with Crippen molar-refractivity contribution in [3.63, 3.8) is 0 Å². The fraction of sp³-hybridized carbons (Fsp3) is 0.333. The molecule has 0 unspecified atom stereocenters. The van der Waals surface area contributed by atoms with Gasteiger partial charge in [0.1, 0.15) is 13.3 Å². The third kappa shape index (κ3) is 6.81. The molecule has 0 atom stereocenters. The number of anilines is 3. The summed E-state index contributed by atoms with van der Waals surface area (Å²) in [7, 11) is 1.57. The number of hydrogen-bond acceptors (Lipinski definition) is 9. The van der Waals surface area contributed by atoms with Crippen LogP contribution in [0.25, 0.3) is 0 Å². The third-order valence-electron chi connectivity index (χ3n) is 2.81. The average molecular weight is 364 g/mol. The number of thioether (sulfide) groups is 1. The highest BCUT2D eigenvalue weighted by molar-refractivity contribution is 7.98. The number of nitrogens with one attached hydrogen (secondary N) is 3. The highest BCUT2D eigenvalue weighted by atomic mass is 32.2. The van der Waals surface area contributed by atoms with Crippen LogP contribution in [0.2, 0.25) is 0 Å². The second-order valence-electron chi connectivity index (χ2n) is 4.63. The van der Waals surface area contributed by atoms with E-state index in [1.165, 1.54) is 11.8 Å². The van der Waals surface area contributed by atoms with Crippen LogP contribution in [0.15, 0.2) is 35.5 Å². The van der Waals surface area contributed by atoms with Crippen LogP contribution in [0.3, 0.4) is 0 Å². The normalized spacial score (nSPS) is 10.2. The van der Waals surface area contributed by atoms with Gasteiger partial charge in [-0.25, -0.2) is 4.79 Å². The lowest BCUT2D eigenvalue weighted by atomic mass is 10.3. The second kappa shape index (κ2) is 10.3. The highest BCUT2D eigenvalue weighted by Crippen LogP contribution is 2.13. The molecule has 0 aliphatic heterocycles. The van der Waals surface area contributed by atoms with Gasteiger partial charge in [0, 0.05) is 12.8 Å². The Hall–Kier alpha value is -2.59. The van der Waals surface area contributed by atoms with Crippen molar-refractivity contribution in [2.75, 3.05) is 49.2 Å². The van der Waals surface area contributed by atoms with Crippen LogP contribution in [0, 0.1) is 0 Å². The summed E-state index contributed by atoms with van der Waals surface area (Å²) < 4.78 is 10.0. The van der Waals surface area contributed by atoms with E-state index in [-0.39, 0.29) is 6.61 Å². The Morgan fingerprint density at radius 2 is 1.84 bits per heavy atom. The van der Waals surface area contributed by atoms with Crippen molar-refractivity contribution in [1.82, 2.24) is 15.0 Å². The van der Waals surface area contributed by atoms with Gasteiger partial charge >= 0.3 is 6.09 Å². The van der Waals surface area contributed by atoms with Crippen molar-refractivity contribution in [3.8, 4) is 0 Å². The summed E-state index contributed by atoms with van der Waals surface area (Å²) in [6, 6.07) is 9.09. The molecule has 0 radical (unpaired) electrons. The first kappa shape index (κ1) is 18.7. The zero-order chi connectivity index (χ0) is 17.9. The molecular weight excluding hydrogens is 344 g/mol. The van der Waals surface area contributed by atoms with E-state index < -0.39 is 6.09 Å². The van der Waals surface area contributed by atoms with Gasteiger partial charge < -0.3 is 20.1 Å². The monoisotopic (exact) mass is 364 g/mol. The molecule has 0 saturated carbocycles. The van der Waals surface area contributed by atoms with Crippen molar-refractivity contribution in [2.45, 2.75) is 5.16 Å². The molecule has 0 aliphatic carbocycles. The maximum atomic E-state index is 11.7. The number of aromatic nitrogens is 3. The largest absolute Gasteiger partial charge is 0.447 e. The molecule has 10 heteroatoms. The zero-order valence-corrected chi connectivity index (χ0v) is 14.8. The van der Waals surface area contributed by atoms with Gasteiger partial charge in [-0.2, -0.15) is 15.0 Å². The topological polar surface area (TPSA) is 110 Å². The number of ether oxygens (including phenoxy) is 2. The van der Waals surface area contributed by atoms with Crippen LogP contribution in [-0.4, -0.2) is 54.3 Å². The number of carbonyl (C=O) groups excluding carboxylic acids is 1. The maximum Gasteiger partial charge on any atom is 0.411 e. The molecule has 25 heavy (non-hydrogen) atoms. The predicted molar refractivity (Wildman–Crippen MR) is 97.0 cm³/mol. The predicted octanol–water partition coefficient (Wildman–Crippen LogP) is 2.27. The first-order valence-electron chi connectivity index (χ1n) is 7.47. The molecular formula is C15H20N6O3S. The molecule has 0 fully saturated rings. The number of para-hydroxylation sites is 1. The van der Waals surface area contributed by atoms with Gasteiger partial charge in [-0.15, -0.1) is 0 Å². The SMILES string of the molecule is COCNc1nc(NCCOC(=O)Nc2ccccc2)nc(SC)n1. The number of carbonyl (C=O) groups is 1. The minimum Gasteiger partial charge on any atom is -0.447 e. The van der Waals surface area contributed by atoms with Crippen molar-refractivity contribution < 1.29 is 14.3 Å². The molecule has 0 aliphatic rings. The molecule has 1 aromatic heterocycles. The fourth-order valence-electron chi connectivity index (χ4n) is 1.72. The van der Waals surface area contributed by atoms with Crippen molar-refractivity contribution in [3.05, 3.63) is 30.3 Å². The lowest BCUT2D eigenvalue weighted by Gasteiger charge is -2.10. The van der Waals surface area contributed by atoms with Gasteiger partial charge in [0.2, 0.25) is 11.9 Å². The van der Waals surface area contributed by atoms with E-state index in [4.69, 9.17) is 9.47 Å². The summed E-state index contributed by atoms with van der Waals surface area (Å²) >= 11 is 1.40. The minimum absolute atomic E-state index is 0.166. The molecule has 3 N–H and O–H groups in total. The minimum atomic E-state index is -0.518. The lowest BCUT2D eigenvalue weighted by Crippen LogP contribution is -2.19. The Labute approximate surface area is 149 Å². The van der Waals surface area contributed by atoms with Crippen LogP contribution < -0.4 is 16.0 Å². The Kier molecular flexibility index (Phi) is 7.73.